The molecule has 23 heavy (non-hydrogen) atoms. The van der Waals surface area contributed by atoms with Gasteiger partial charge in [0.2, 0.25) is 0 Å². The first kappa shape index (κ1) is 16.4. The van der Waals surface area contributed by atoms with E-state index >= 15 is 0 Å². The van der Waals surface area contributed by atoms with Crippen LogP contribution in [-0.2, 0) is 10.0 Å². The lowest BCUT2D eigenvalue weighted by atomic mass is 10.3. The number of nitrogens with one attached hydrogen (secondary N) is 1. The first-order valence-corrected chi connectivity index (χ1v) is 9.50. The number of rotatable bonds is 3. The fraction of sp³-hybridized carbons (Fsp3) is 0. The molecule has 3 aromatic rings. The molecule has 2 N–H and O–H groups in total. The smallest absolute Gasteiger partial charge is 0.267 e. The Morgan fingerprint density at radius 2 is 2.04 bits per heavy atom. The molecule has 0 saturated carbocycles. The number of anilines is 1. The molecule has 1 heterocycles. The van der Waals surface area contributed by atoms with Crippen molar-refractivity contribution in [3.05, 3.63) is 45.6 Å². The van der Waals surface area contributed by atoms with E-state index in [4.69, 9.17) is 11.6 Å². The van der Waals surface area contributed by atoms with Crippen LogP contribution in [0.15, 0.2) is 39.7 Å². The minimum atomic E-state index is -4.11. The third kappa shape index (κ3) is 3.27. The second kappa shape index (κ2) is 5.90. The van der Waals surface area contributed by atoms with Crippen LogP contribution in [0.4, 0.5) is 9.52 Å². The molecule has 0 aliphatic heterocycles. The Labute approximate surface area is 147 Å². The van der Waals surface area contributed by atoms with Crippen LogP contribution in [0.2, 0.25) is 5.02 Å². The van der Waals surface area contributed by atoms with Crippen LogP contribution in [-0.4, -0.2) is 18.5 Å². The molecule has 5 nitrogen and oxygen atoms in total. The largest absolute Gasteiger partial charge is 0.505 e. The van der Waals surface area contributed by atoms with E-state index in [0.717, 1.165) is 11.3 Å². The molecule has 0 radical (unpaired) electrons. The molecule has 1 aromatic heterocycles. The molecule has 0 saturated heterocycles. The second-order valence-electron chi connectivity index (χ2n) is 4.47. The maximum absolute atomic E-state index is 13.2. The summed E-state index contributed by atoms with van der Waals surface area (Å²) in [5.41, 5.74) is 0.464. The third-order valence-corrected chi connectivity index (χ3v) is 6.02. The molecule has 2 aromatic carbocycles. The normalized spacial score (nSPS) is 11.8. The average Bonchev–Trinajstić information content (AvgIpc) is 2.83. The molecule has 0 amide bonds. The van der Waals surface area contributed by atoms with Gasteiger partial charge < -0.3 is 5.11 Å². The Hall–Kier alpha value is -1.42. The van der Waals surface area contributed by atoms with Gasteiger partial charge in [-0.1, -0.05) is 38.9 Å². The Bertz CT molecular complexity index is 1020. The molecule has 10 heteroatoms. The second-order valence-corrected chi connectivity index (χ2v) is 8.48. The molecule has 3 rings (SSSR count). The number of aromatic hydroxyl groups is 1. The van der Waals surface area contributed by atoms with E-state index < -0.39 is 21.6 Å². The molecule has 0 atom stereocenters. The molecular formula is C13H7BrClFN2O3S2. The first-order valence-electron chi connectivity index (χ1n) is 6.03. The molecule has 0 unspecified atom stereocenters. The van der Waals surface area contributed by atoms with Crippen LogP contribution in [0.3, 0.4) is 0 Å². The number of aromatic nitrogens is 1. The van der Waals surface area contributed by atoms with E-state index in [9.17, 15) is 17.9 Å². The van der Waals surface area contributed by atoms with Gasteiger partial charge in [-0.2, -0.15) is 0 Å². The lowest BCUT2D eigenvalue weighted by Gasteiger charge is -2.08. The highest BCUT2D eigenvalue weighted by Gasteiger charge is 2.23. The summed E-state index contributed by atoms with van der Waals surface area (Å²) in [6.45, 7) is 0. The van der Waals surface area contributed by atoms with Gasteiger partial charge in [0, 0.05) is 4.47 Å². The lowest BCUT2D eigenvalue weighted by molar-refractivity contribution is 0.459. The van der Waals surface area contributed by atoms with E-state index in [1.54, 1.807) is 0 Å². The van der Waals surface area contributed by atoms with Crippen molar-refractivity contribution in [3.8, 4) is 5.75 Å². The predicted octanol–water partition coefficient (Wildman–Crippen LogP) is 4.36. The number of nitrogens with zero attached hydrogens (tertiary/aromatic N) is 1. The number of phenolic OH excluding ortho intramolecular Hbond substituents is 1. The van der Waals surface area contributed by atoms with Crippen molar-refractivity contribution in [1.29, 1.82) is 0 Å². The highest BCUT2D eigenvalue weighted by Crippen LogP contribution is 2.36. The van der Waals surface area contributed by atoms with E-state index in [-0.39, 0.29) is 15.0 Å². The van der Waals surface area contributed by atoms with Crippen LogP contribution >= 0.6 is 38.9 Å². The Morgan fingerprint density at radius 3 is 2.78 bits per heavy atom. The van der Waals surface area contributed by atoms with Gasteiger partial charge in [0.25, 0.3) is 10.0 Å². The highest BCUT2D eigenvalue weighted by atomic mass is 79.9. The fourth-order valence-corrected chi connectivity index (χ4v) is 5.15. The SMILES string of the molecule is O=S(=O)(Nc1nc2ccc(F)cc2s1)c1cc(Br)cc(Cl)c1O. The van der Waals surface area contributed by atoms with E-state index in [1.165, 1.54) is 30.3 Å². The summed E-state index contributed by atoms with van der Waals surface area (Å²) in [5, 5.41) is 9.82. The minimum Gasteiger partial charge on any atom is -0.505 e. The van der Waals surface area contributed by atoms with Crippen LogP contribution in [0, 0.1) is 5.82 Å². The van der Waals surface area contributed by atoms with Gasteiger partial charge in [0.15, 0.2) is 10.9 Å². The quantitative estimate of drug-likeness (QED) is 0.638. The summed E-state index contributed by atoms with van der Waals surface area (Å²) in [6, 6.07) is 6.54. The van der Waals surface area contributed by atoms with Crippen LogP contribution in [0.5, 0.6) is 5.75 Å². The number of hydrogen-bond donors (Lipinski definition) is 2. The summed E-state index contributed by atoms with van der Waals surface area (Å²) in [5.74, 6) is -0.999. The summed E-state index contributed by atoms with van der Waals surface area (Å²) < 4.78 is 41.2. The number of hydrogen-bond acceptors (Lipinski definition) is 5. The van der Waals surface area contributed by atoms with Gasteiger partial charge in [0.05, 0.1) is 15.2 Å². The van der Waals surface area contributed by atoms with Crippen molar-refractivity contribution in [2.24, 2.45) is 0 Å². The van der Waals surface area contributed by atoms with Crippen molar-refractivity contribution < 1.29 is 17.9 Å². The van der Waals surface area contributed by atoms with Gasteiger partial charge in [-0.3, -0.25) is 4.72 Å². The van der Waals surface area contributed by atoms with Crippen LogP contribution in [0.25, 0.3) is 10.2 Å². The van der Waals surface area contributed by atoms with Gasteiger partial charge in [-0.25, -0.2) is 17.8 Å². The standard InChI is InChI=1S/C13H7BrClFN2O3S2/c14-6-3-8(15)12(19)11(4-6)23(20,21)18-13-17-9-2-1-7(16)5-10(9)22-13/h1-5,19H,(H,17,18). The zero-order chi connectivity index (χ0) is 16.8. The molecule has 120 valence electrons. The van der Waals surface area contributed by atoms with E-state index in [0.29, 0.717) is 14.7 Å². The van der Waals surface area contributed by atoms with Crippen molar-refractivity contribution in [3.63, 3.8) is 0 Å². The molecule has 0 aliphatic carbocycles. The van der Waals surface area contributed by atoms with Crippen molar-refractivity contribution >= 4 is 64.2 Å². The van der Waals surface area contributed by atoms with Gasteiger partial charge in [-0.15, -0.1) is 0 Å². The van der Waals surface area contributed by atoms with E-state index in [2.05, 4.69) is 25.6 Å². The average molecular weight is 438 g/mol. The molecule has 0 fully saturated rings. The monoisotopic (exact) mass is 436 g/mol. The maximum atomic E-state index is 13.2. The fourth-order valence-electron chi connectivity index (χ4n) is 1.86. The number of fused-ring (bicyclic) bond motifs is 1. The van der Waals surface area contributed by atoms with Crippen LogP contribution in [0.1, 0.15) is 0 Å². The topological polar surface area (TPSA) is 79.3 Å². The molecule has 0 aliphatic rings. The summed E-state index contributed by atoms with van der Waals surface area (Å²) in [4.78, 5) is 3.69. The van der Waals surface area contributed by atoms with Gasteiger partial charge >= 0.3 is 0 Å². The lowest BCUT2D eigenvalue weighted by Crippen LogP contribution is -2.13. The highest BCUT2D eigenvalue weighted by molar-refractivity contribution is 9.10. The van der Waals surface area contributed by atoms with Gasteiger partial charge in [0.1, 0.15) is 10.7 Å². The van der Waals surface area contributed by atoms with Crippen molar-refractivity contribution in [2.75, 3.05) is 4.72 Å². The minimum absolute atomic E-state index is 0.0566. The summed E-state index contributed by atoms with van der Waals surface area (Å²) in [6.07, 6.45) is 0. The Kier molecular flexibility index (Phi) is 4.21. The van der Waals surface area contributed by atoms with Crippen LogP contribution < -0.4 is 4.72 Å². The predicted molar refractivity (Wildman–Crippen MR) is 91.2 cm³/mol. The number of halogens is 3. The zero-order valence-electron chi connectivity index (χ0n) is 11.0. The van der Waals surface area contributed by atoms with Crippen molar-refractivity contribution in [2.45, 2.75) is 4.90 Å². The Balaban J connectivity index is 2.03. The number of thiazole rings is 1. The number of benzene rings is 2. The summed E-state index contributed by atoms with van der Waals surface area (Å²) in [7, 11) is -4.11. The van der Waals surface area contributed by atoms with E-state index in [1.807, 2.05) is 0 Å². The molecule has 0 bridgehead atoms. The van der Waals surface area contributed by atoms with Gasteiger partial charge in [-0.05, 0) is 30.3 Å². The molecule has 0 spiro atoms. The van der Waals surface area contributed by atoms with Crippen molar-refractivity contribution in [1.82, 2.24) is 4.98 Å². The maximum Gasteiger partial charge on any atom is 0.267 e. The summed E-state index contributed by atoms with van der Waals surface area (Å²) >= 11 is 9.88. The zero-order valence-corrected chi connectivity index (χ0v) is 15.0. The third-order valence-electron chi connectivity index (χ3n) is 2.85. The first-order chi connectivity index (χ1) is 10.8. The molecular weight excluding hydrogens is 431 g/mol. The Morgan fingerprint density at radius 1 is 1.30 bits per heavy atom. The number of sulfonamides is 1. The number of phenols is 1.